The number of fused-ring (bicyclic) bond motifs is 1. The van der Waals surface area contributed by atoms with E-state index in [0.29, 0.717) is 24.4 Å². The topological polar surface area (TPSA) is 54.5 Å². The van der Waals surface area contributed by atoms with Crippen molar-refractivity contribution in [1.82, 2.24) is 4.31 Å². The zero-order chi connectivity index (χ0) is 12.9. The summed E-state index contributed by atoms with van der Waals surface area (Å²) in [6.07, 6.45) is 0.546. The second-order valence-electron chi connectivity index (χ2n) is 5.17. The second-order valence-corrected chi connectivity index (χ2v) is 7.11. The van der Waals surface area contributed by atoms with Gasteiger partial charge in [0.2, 0.25) is 10.0 Å². The molecule has 2 aliphatic rings. The van der Waals surface area contributed by atoms with Crippen LogP contribution in [0.5, 0.6) is 0 Å². The minimum atomic E-state index is -3.42. The van der Waals surface area contributed by atoms with E-state index in [4.69, 9.17) is 0 Å². The maximum Gasteiger partial charge on any atom is 0.243 e. The molecule has 0 amide bonds. The minimum absolute atomic E-state index is 0.0507. The number of carbonyl (C=O) groups excluding carboxylic acids is 1. The van der Waals surface area contributed by atoms with Gasteiger partial charge in [0.05, 0.1) is 4.90 Å². The Labute approximate surface area is 107 Å². The molecule has 1 saturated carbocycles. The van der Waals surface area contributed by atoms with Crippen molar-refractivity contribution < 1.29 is 13.2 Å². The van der Waals surface area contributed by atoms with Gasteiger partial charge in [-0.1, -0.05) is 17.7 Å². The Morgan fingerprint density at radius 2 is 1.83 bits per heavy atom. The van der Waals surface area contributed by atoms with Crippen molar-refractivity contribution in [2.24, 2.45) is 11.8 Å². The molecule has 1 saturated heterocycles. The van der Waals surface area contributed by atoms with E-state index >= 15 is 0 Å². The van der Waals surface area contributed by atoms with Gasteiger partial charge in [-0.15, -0.1) is 0 Å². The molecule has 0 radical (unpaired) electrons. The van der Waals surface area contributed by atoms with Crippen molar-refractivity contribution in [3.63, 3.8) is 0 Å². The van der Waals surface area contributed by atoms with E-state index in [1.807, 2.05) is 6.92 Å². The zero-order valence-electron chi connectivity index (χ0n) is 10.2. The summed E-state index contributed by atoms with van der Waals surface area (Å²) in [6.45, 7) is 2.78. The van der Waals surface area contributed by atoms with E-state index < -0.39 is 10.0 Å². The molecule has 1 aliphatic carbocycles. The summed E-state index contributed by atoms with van der Waals surface area (Å²) in [7, 11) is -3.42. The number of Topliss-reactive ketones (excluding diaryl/α,β-unsaturated/α-hetero) is 1. The Kier molecular flexibility index (Phi) is 2.57. The van der Waals surface area contributed by atoms with Crippen molar-refractivity contribution in [3.05, 3.63) is 29.8 Å². The second kappa shape index (κ2) is 3.90. The van der Waals surface area contributed by atoms with Gasteiger partial charge in [-0.3, -0.25) is 4.79 Å². The highest BCUT2D eigenvalue weighted by molar-refractivity contribution is 7.89. The third-order valence-electron chi connectivity index (χ3n) is 3.94. The highest BCUT2D eigenvalue weighted by atomic mass is 32.2. The van der Waals surface area contributed by atoms with Crippen LogP contribution < -0.4 is 0 Å². The van der Waals surface area contributed by atoms with Crippen LogP contribution in [-0.2, 0) is 14.8 Å². The monoisotopic (exact) mass is 265 g/mol. The molecular weight excluding hydrogens is 250 g/mol. The number of carbonyl (C=O) groups is 1. The van der Waals surface area contributed by atoms with Crippen molar-refractivity contribution in [1.29, 1.82) is 0 Å². The smallest absolute Gasteiger partial charge is 0.243 e. The van der Waals surface area contributed by atoms with E-state index in [9.17, 15) is 13.2 Å². The Bertz CT molecular complexity index is 591. The van der Waals surface area contributed by atoms with Crippen LogP contribution in [0.1, 0.15) is 12.0 Å². The van der Waals surface area contributed by atoms with Gasteiger partial charge >= 0.3 is 0 Å². The quantitative estimate of drug-likeness (QED) is 0.807. The lowest BCUT2D eigenvalue weighted by Crippen LogP contribution is -2.35. The molecule has 4 nitrogen and oxygen atoms in total. The van der Waals surface area contributed by atoms with E-state index in [2.05, 4.69) is 0 Å². The molecule has 96 valence electrons. The van der Waals surface area contributed by atoms with Gasteiger partial charge in [0.1, 0.15) is 5.78 Å². The van der Waals surface area contributed by atoms with Crippen LogP contribution in [0, 0.1) is 18.8 Å². The molecule has 1 aromatic carbocycles. The summed E-state index contributed by atoms with van der Waals surface area (Å²) in [4.78, 5) is 11.7. The number of ketones is 1. The predicted molar refractivity (Wildman–Crippen MR) is 66.5 cm³/mol. The Morgan fingerprint density at radius 1 is 1.17 bits per heavy atom. The first-order valence-corrected chi connectivity index (χ1v) is 7.52. The third kappa shape index (κ3) is 1.69. The fourth-order valence-corrected chi connectivity index (χ4v) is 4.23. The van der Waals surface area contributed by atoms with Crippen LogP contribution in [-0.4, -0.2) is 31.6 Å². The fraction of sp³-hybridized carbons (Fsp3) is 0.462. The number of benzene rings is 1. The number of rotatable bonds is 2. The van der Waals surface area contributed by atoms with Crippen LogP contribution >= 0.6 is 0 Å². The first-order chi connectivity index (χ1) is 8.48. The zero-order valence-corrected chi connectivity index (χ0v) is 11.0. The number of aryl methyl sites for hydroxylation is 1. The predicted octanol–water partition coefficient (Wildman–Crippen LogP) is 1.20. The highest BCUT2D eigenvalue weighted by Crippen LogP contribution is 2.39. The fourth-order valence-electron chi connectivity index (χ4n) is 2.71. The van der Waals surface area contributed by atoms with Gasteiger partial charge in [0, 0.05) is 25.4 Å². The highest BCUT2D eigenvalue weighted by Gasteiger charge is 2.49. The SMILES string of the molecule is Cc1ccc(S(=O)(=O)N2C[C@H]3CC(=O)[C@H]3C2)cc1. The Balaban J connectivity index is 1.87. The van der Waals surface area contributed by atoms with E-state index in [0.717, 1.165) is 5.56 Å². The van der Waals surface area contributed by atoms with Crippen LogP contribution in [0.3, 0.4) is 0 Å². The molecule has 0 spiro atoms. The number of sulfonamides is 1. The molecule has 1 aliphatic heterocycles. The molecule has 5 heteroatoms. The largest absolute Gasteiger partial charge is 0.299 e. The number of hydrogen-bond acceptors (Lipinski definition) is 3. The summed E-state index contributed by atoms with van der Waals surface area (Å²) in [5.41, 5.74) is 1.03. The van der Waals surface area contributed by atoms with Crippen molar-refractivity contribution in [2.75, 3.05) is 13.1 Å². The molecule has 2 atom stereocenters. The van der Waals surface area contributed by atoms with Crippen LogP contribution in [0.4, 0.5) is 0 Å². The number of hydrogen-bond donors (Lipinski definition) is 0. The molecule has 18 heavy (non-hydrogen) atoms. The van der Waals surface area contributed by atoms with Gasteiger partial charge in [0.25, 0.3) is 0 Å². The average molecular weight is 265 g/mol. The van der Waals surface area contributed by atoms with E-state index in [1.54, 1.807) is 24.3 Å². The lowest BCUT2D eigenvalue weighted by Gasteiger charge is -2.26. The third-order valence-corrected chi connectivity index (χ3v) is 5.79. The Hall–Kier alpha value is -1.20. The van der Waals surface area contributed by atoms with E-state index in [1.165, 1.54) is 4.31 Å². The molecule has 2 fully saturated rings. The van der Waals surface area contributed by atoms with Crippen molar-refractivity contribution >= 4 is 15.8 Å². The van der Waals surface area contributed by atoms with Crippen LogP contribution in [0.2, 0.25) is 0 Å². The molecule has 0 aromatic heterocycles. The molecule has 0 unspecified atom stereocenters. The van der Waals surface area contributed by atoms with Gasteiger partial charge < -0.3 is 0 Å². The average Bonchev–Trinajstić information content (AvgIpc) is 2.67. The maximum absolute atomic E-state index is 12.4. The molecule has 1 heterocycles. The normalized spacial score (nSPS) is 27.9. The minimum Gasteiger partial charge on any atom is -0.299 e. The standard InChI is InChI=1S/C13H15NO3S/c1-9-2-4-11(5-3-9)18(16,17)14-7-10-6-13(15)12(10)8-14/h2-5,10,12H,6-8H2,1H3/t10-,12+/m1/s1. The van der Waals surface area contributed by atoms with Crippen LogP contribution in [0.15, 0.2) is 29.2 Å². The summed E-state index contributed by atoms with van der Waals surface area (Å²) >= 11 is 0. The maximum atomic E-state index is 12.4. The summed E-state index contributed by atoms with van der Waals surface area (Å²) in [5.74, 6) is 0.407. The molecule has 3 rings (SSSR count). The van der Waals surface area contributed by atoms with Gasteiger partial charge in [-0.25, -0.2) is 8.42 Å². The number of nitrogens with zero attached hydrogens (tertiary/aromatic N) is 1. The summed E-state index contributed by atoms with van der Waals surface area (Å²) in [5, 5.41) is 0. The molecule has 1 aromatic rings. The summed E-state index contributed by atoms with van der Waals surface area (Å²) in [6, 6.07) is 6.85. The first-order valence-electron chi connectivity index (χ1n) is 6.08. The first kappa shape index (κ1) is 11.9. The Morgan fingerprint density at radius 3 is 2.39 bits per heavy atom. The van der Waals surface area contributed by atoms with Crippen LogP contribution in [0.25, 0.3) is 0 Å². The van der Waals surface area contributed by atoms with Crippen molar-refractivity contribution in [2.45, 2.75) is 18.2 Å². The van der Waals surface area contributed by atoms with Crippen molar-refractivity contribution in [3.8, 4) is 0 Å². The lowest BCUT2D eigenvalue weighted by molar-refractivity contribution is -0.131. The molecular formula is C13H15NO3S. The van der Waals surface area contributed by atoms with E-state index in [-0.39, 0.29) is 17.6 Å². The van der Waals surface area contributed by atoms with Gasteiger partial charge in [-0.2, -0.15) is 4.31 Å². The lowest BCUT2D eigenvalue weighted by atomic mass is 9.75. The summed E-state index contributed by atoms with van der Waals surface area (Å²) < 4.78 is 26.2. The van der Waals surface area contributed by atoms with Gasteiger partial charge in [0.15, 0.2) is 0 Å². The molecule has 0 N–H and O–H groups in total. The molecule has 0 bridgehead atoms. The van der Waals surface area contributed by atoms with Gasteiger partial charge in [-0.05, 0) is 25.0 Å².